The van der Waals surface area contributed by atoms with Crippen LogP contribution in [0.25, 0.3) is 17.1 Å². The molecular formula is C24H17N5O2. The molecule has 0 saturated carbocycles. The number of aliphatic imine (C=N–C) groups is 1. The second-order valence-electron chi connectivity index (χ2n) is 6.80. The lowest BCUT2D eigenvalue weighted by atomic mass is 10.2. The van der Waals surface area contributed by atoms with E-state index in [0.29, 0.717) is 23.9 Å². The Morgan fingerprint density at radius 3 is 2.90 bits per heavy atom. The van der Waals surface area contributed by atoms with E-state index in [2.05, 4.69) is 15.0 Å². The molecule has 31 heavy (non-hydrogen) atoms. The molecule has 5 rings (SSSR count). The van der Waals surface area contributed by atoms with Gasteiger partial charge in [-0.05, 0) is 48.6 Å². The van der Waals surface area contributed by atoms with Crippen molar-refractivity contribution in [2.24, 2.45) is 9.98 Å². The van der Waals surface area contributed by atoms with Gasteiger partial charge in [0.1, 0.15) is 24.4 Å². The topological polar surface area (TPSA) is 81.7 Å². The number of fused-ring (bicyclic) bond motifs is 3. The molecule has 2 aromatic carbocycles. The van der Waals surface area contributed by atoms with E-state index in [9.17, 15) is 4.79 Å². The summed E-state index contributed by atoms with van der Waals surface area (Å²) in [6.07, 6.45) is 10.1. The van der Waals surface area contributed by atoms with Crippen molar-refractivity contribution in [3.05, 3.63) is 95.5 Å². The smallest absolute Gasteiger partial charge is 0.293 e. The number of aromatic nitrogens is 3. The Labute approximate surface area is 177 Å². The number of ether oxygens (including phenoxy) is 1. The van der Waals surface area contributed by atoms with Crippen LogP contribution >= 0.6 is 0 Å². The summed E-state index contributed by atoms with van der Waals surface area (Å²) in [6.45, 7) is 0.332. The van der Waals surface area contributed by atoms with Gasteiger partial charge in [-0.15, -0.1) is 0 Å². The van der Waals surface area contributed by atoms with E-state index in [1.165, 1.54) is 12.5 Å². The number of para-hydroxylation sites is 1. The lowest BCUT2D eigenvalue weighted by Gasteiger charge is -2.06. The van der Waals surface area contributed by atoms with E-state index >= 15 is 0 Å². The summed E-state index contributed by atoms with van der Waals surface area (Å²) in [6, 6.07) is 16.8. The lowest BCUT2D eigenvalue weighted by molar-refractivity contribution is 0.0997. The van der Waals surface area contributed by atoms with Gasteiger partial charge in [0.05, 0.1) is 10.9 Å². The number of allylic oxidation sites excluding steroid dienone is 1. The fraction of sp³-hybridized carbons (Fsp3) is 0.0417. The molecule has 0 aliphatic carbocycles. The van der Waals surface area contributed by atoms with Gasteiger partial charge in [0.2, 0.25) is 0 Å². The Balaban J connectivity index is 1.78. The van der Waals surface area contributed by atoms with Crippen LogP contribution in [0.5, 0.6) is 5.75 Å². The van der Waals surface area contributed by atoms with Crippen molar-refractivity contribution >= 4 is 35.0 Å². The second-order valence-corrected chi connectivity index (χ2v) is 6.80. The molecule has 7 nitrogen and oxygen atoms in total. The van der Waals surface area contributed by atoms with Gasteiger partial charge in [0.15, 0.2) is 5.82 Å². The predicted octanol–water partition coefficient (Wildman–Crippen LogP) is 2.83. The zero-order valence-corrected chi connectivity index (χ0v) is 16.4. The third kappa shape index (κ3) is 3.89. The van der Waals surface area contributed by atoms with Crippen LogP contribution in [0.3, 0.4) is 0 Å². The van der Waals surface area contributed by atoms with Gasteiger partial charge in [0, 0.05) is 29.2 Å². The highest BCUT2D eigenvalue weighted by Gasteiger charge is 2.08. The second kappa shape index (κ2) is 8.16. The number of rotatable bonds is 0. The minimum atomic E-state index is -0.338. The molecule has 150 valence electrons. The fourth-order valence-corrected chi connectivity index (χ4v) is 3.29. The standard InChI is InChI=1S/C24H17N5O2/c30-24-22-8-5-12-29(22)15-17-6-1-2-7-20(17)28-23-19-14-18(31-13-4-3-11-25-24)9-10-21(19)26-16-27-23/h1-12,14-16H,13H2/b4-3-,17-15-,25-11?,28-20?. The number of benzene rings is 2. The maximum atomic E-state index is 12.5. The Hall–Kier alpha value is -4.39. The van der Waals surface area contributed by atoms with Gasteiger partial charge in [-0.1, -0.05) is 18.2 Å². The quantitative estimate of drug-likeness (QED) is 0.449. The summed E-state index contributed by atoms with van der Waals surface area (Å²) >= 11 is 0. The fourth-order valence-electron chi connectivity index (χ4n) is 3.29. The Kier molecular flexibility index (Phi) is 4.90. The molecular weight excluding hydrogens is 390 g/mol. The molecule has 1 aliphatic rings. The van der Waals surface area contributed by atoms with Crippen LogP contribution in [-0.4, -0.2) is 33.3 Å². The maximum Gasteiger partial charge on any atom is 0.293 e. The summed E-state index contributed by atoms with van der Waals surface area (Å²) in [7, 11) is 0. The van der Waals surface area contributed by atoms with Gasteiger partial charge in [0.25, 0.3) is 5.91 Å². The SMILES string of the molecule is O=C1N=C/C=C\COc2ccc3ncnc(c3c2)N=c2cccc/c2=C/n2cccc21. The van der Waals surface area contributed by atoms with Gasteiger partial charge >= 0.3 is 0 Å². The molecule has 0 atom stereocenters. The highest BCUT2D eigenvalue weighted by atomic mass is 16.5. The summed E-state index contributed by atoms with van der Waals surface area (Å²) in [4.78, 5) is 30.1. The van der Waals surface area contributed by atoms with E-state index in [0.717, 1.165) is 21.5 Å². The first-order chi connectivity index (χ1) is 15.3. The number of hydrogen-bond donors (Lipinski definition) is 0. The monoisotopic (exact) mass is 407 g/mol. The Morgan fingerprint density at radius 2 is 1.94 bits per heavy atom. The molecule has 2 bridgehead atoms. The first-order valence-corrected chi connectivity index (χ1v) is 9.71. The van der Waals surface area contributed by atoms with E-state index in [4.69, 9.17) is 9.73 Å². The molecule has 0 N–H and O–H groups in total. The van der Waals surface area contributed by atoms with Crippen LogP contribution in [0.4, 0.5) is 5.82 Å². The molecule has 3 heterocycles. The minimum absolute atomic E-state index is 0.332. The van der Waals surface area contributed by atoms with Crippen LogP contribution in [0, 0.1) is 0 Å². The first-order valence-electron chi connectivity index (χ1n) is 9.71. The van der Waals surface area contributed by atoms with Crippen molar-refractivity contribution in [2.75, 3.05) is 6.61 Å². The summed E-state index contributed by atoms with van der Waals surface area (Å²) in [5.74, 6) is 0.884. The van der Waals surface area contributed by atoms with Crippen molar-refractivity contribution in [3.63, 3.8) is 0 Å². The van der Waals surface area contributed by atoms with Crippen molar-refractivity contribution in [2.45, 2.75) is 0 Å². The van der Waals surface area contributed by atoms with Crippen molar-refractivity contribution < 1.29 is 9.53 Å². The first kappa shape index (κ1) is 18.6. The van der Waals surface area contributed by atoms with E-state index < -0.39 is 0 Å². The van der Waals surface area contributed by atoms with Gasteiger partial charge in [-0.2, -0.15) is 0 Å². The molecule has 0 fully saturated rings. The minimum Gasteiger partial charge on any atom is -0.490 e. The summed E-state index contributed by atoms with van der Waals surface area (Å²) in [5, 5.41) is 2.34. The Bertz CT molecular complexity index is 1470. The van der Waals surface area contributed by atoms with Crippen LogP contribution in [0.1, 0.15) is 10.5 Å². The molecule has 1 aliphatic heterocycles. The molecule has 0 radical (unpaired) electrons. The van der Waals surface area contributed by atoms with Gasteiger partial charge in [-0.3, -0.25) is 4.79 Å². The third-order valence-corrected chi connectivity index (χ3v) is 4.79. The lowest BCUT2D eigenvalue weighted by Crippen LogP contribution is -2.25. The maximum absolute atomic E-state index is 12.5. The van der Waals surface area contributed by atoms with E-state index in [-0.39, 0.29) is 5.91 Å². The number of carbonyl (C=O) groups excluding carboxylic acids is 1. The normalized spacial score (nSPS) is 15.7. The average Bonchev–Trinajstić information content (AvgIpc) is 3.25. The summed E-state index contributed by atoms with van der Waals surface area (Å²) < 4.78 is 7.54. The largest absolute Gasteiger partial charge is 0.490 e. The van der Waals surface area contributed by atoms with Gasteiger partial charge < -0.3 is 9.30 Å². The zero-order chi connectivity index (χ0) is 21.0. The van der Waals surface area contributed by atoms with Crippen molar-refractivity contribution in [1.29, 1.82) is 0 Å². The number of carbonyl (C=O) groups is 1. The summed E-state index contributed by atoms with van der Waals surface area (Å²) in [5.41, 5.74) is 1.23. The molecule has 0 saturated heterocycles. The van der Waals surface area contributed by atoms with Crippen molar-refractivity contribution in [1.82, 2.24) is 14.5 Å². The van der Waals surface area contributed by atoms with Crippen LogP contribution in [-0.2, 0) is 0 Å². The highest BCUT2D eigenvalue weighted by molar-refractivity contribution is 5.99. The molecule has 0 spiro atoms. The molecule has 0 unspecified atom stereocenters. The highest BCUT2D eigenvalue weighted by Crippen LogP contribution is 2.25. The molecule has 7 heteroatoms. The van der Waals surface area contributed by atoms with Crippen LogP contribution in [0.15, 0.2) is 89.3 Å². The van der Waals surface area contributed by atoms with Crippen LogP contribution in [0.2, 0.25) is 0 Å². The third-order valence-electron chi connectivity index (χ3n) is 4.79. The molecule has 2 aromatic heterocycles. The van der Waals surface area contributed by atoms with E-state index in [1.54, 1.807) is 28.9 Å². The van der Waals surface area contributed by atoms with Gasteiger partial charge in [-0.25, -0.2) is 20.0 Å². The van der Waals surface area contributed by atoms with Crippen molar-refractivity contribution in [3.8, 4) is 5.75 Å². The zero-order valence-electron chi connectivity index (χ0n) is 16.4. The molecule has 1 amide bonds. The molecule has 4 aromatic rings. The number of nitrogens with zero attached hydrogens (tertiary/aromatic N) is 5. The Morgan fingerprint density at radius 1 is 1.00 bits per heavy atom. The number of hydrogen-bond acceptors (Lipinski definition) is 5. The van der Waals surface area contributed by atoms with E-state index in [1.807, 2.05) is 54.9 Å². The number of amides is 1. The average molecular weight is 407 g/mol. The van der Waals surface area contributed by atoms with Crippen LogP contribution < -0.4 is 15.3 Å². The predicted molar refractivity (Wildman–Crippen MR) is 118 cm³/mol.